The standard InChI is InChI=1S/C18H21FN4O/c1-22-8-6-20-17(22)9-13-3-2-7-23(11-13)12-18-21-15-10-14(19)4-5-16(15)24-18/h4-6,8,10,13H,2-3,7,9,11-12H2,1H3/t13-/m0/s1. The monoisotopic (exact) mass is 328 g/mol. The summed E-state index contributed by atoms with van der Waals surface area (Å²) in [5.74, 6) is 2.12. The Labute approximate surface area is 140 Å². The van der Waals surface area contributed by atoms with Crippen molar-refractivity contribution in [3.05, 3.63) is 48.1 Å². The van der Waals surface area contributed by atoms with Crippen LogP contribution in [0.2, 0.25) is 0 Å². The third-order valence-corrected chi connectivity index (χ3v) is 4.75. The van der Waals surface area contributed by atoms with Gasteiger partial charge in [0, 0.05) is 38.5 Å². The van der Waals surface area contributed by atoms with Crippen molar-refractivity contribution >= 4 is 11.1 Å². The summed E-state index contributed by atoms with van der Waals surface area (Å²) in [6.07, 6.45) is 7.24. The van der Waals surface area contributed by atoms with Crippen LogP contribution in [-0.4, -0.2) is 32.5 Å². The van der Waals surface area contributed by atoms with Crippen LogP contribution in [0.1, 0.15) is 24.6 Å². The molecule has 3 heterocycles. The van der Waals surface area contributed by atoms with E-state index in [-0.39, 0.29) is 5.82 Å². The van der Waals surface area contributed by atoms with Gasteiger partial charge in [0.25, 0.3) is 0 Å². The van der Waals surface area contributed by atoms with E-state index in [4.69, 9.17) is 4.42 Å². The molecular formula is C18H21FN4O. The van der Waals surface area contributed by atoms with Crippen molar-refractivity contribution in [2.75, 3.05) is 13.1 Å². The normalized spacial score (nSPS) is 19.2. The molecule has 0 unspecified atom stereocenters. The molecule has 6 heteroatoms. The fraction of sp³-hybridized carbons (Fsp3) is 0.444. The first-order valence-corrected chi connectivity index (χ1v) is 8.41. The first-order valence-electron chi connectivity index (χ1n) is 8.41. The summed E-state index contributed by atoms with van der Waals surface area (Å²) in [6, 6.07) is 4.46. The first-order chi connectivity index (χ1) is 11.7. The molecule has 1 aromatic carbocycles. The van der Waals surface area contributed by atoms with E-state index < -0.39 is 0 Å². The van der Waals surface area contributed by atoms with E-state index in [0.29, 0.717) is 29.5 Å². The number of rotatable bonds is 4. The summed E-state index contributed by atoms with van der Waals surface area (Å²) >= 11 is 0. The zero-order chi connectivity index (χ0) is 16.5. The van der Waals surface area contributed by atoms with Crippen LogP contribution in [0.4, 0.5) is 4.39 Å². The Balaban J connectivity index is 1.42. The molecule has 4 rings (SSSR count). The van der Waals surface area contributed by atoms with Crippen LogP contribution in [0.3, 0.4) is 0 Å². The van der Waals surface area contributed by atoms with Crippen molar-refractivity contribution in [3.63, 3.8) is 0 Å². The number of halogens is 1. The highest BCUT2D eigenvalue weighted by Crippen LogP contribution is 2.23. The van der Waals surface area contributed by atoms with Gasteiger partial charge in [0.1, 0.15) is 17.2 Å². The minimum atomic E-state index is -0.282. The molecule has 5 nitrogen and oxygen atoms in total. The Morgan fingerprint density at radius 2 is 2.29 bits per heavy atom. The lowest BCUT2D eigenvalue weighted by molar-refractivity contribution is 0.153. The van der Waals surface area contributed by atoms with Gasteiger partial charge < -0.3 is 8.98 Å². The fourth-order valence-corrected chi connectivity index (χ4v) is 3.52. The molecule has 1 fully saturated rings. The molecule has 1 aliphatic rings. The number of likely N-dealkylation sites (tertiary alicyclic amines) is 1. The van der Waals surface area contributed by atoms with Gasteiger partial charge in [-0.2, -0.15) is 0 Å². The average Bonchev–Trinajstić information content (AvgIpc) is 3.13. The quantitative estimate of drug-likeness (QED) is 0.738. The van der Waals surface area contributed by atoms with Crippen LogP contribution in [0.25, 0.3) is 11.1 Å². The van der Waals surface area contributed by atoms with Crippen molar-refractivity contribution in [1.82, 2.24) is 19.4 Å². The smallest absolute Gasteiger partial charge is 0.209 e. The van der Waals surface area contributed by atoms with Gasteiger partial charge in [0.05, 0.1) is 6.54 Å². The lowest BCUT2D eigenvalue weighted by atomic mass is 9.94. The SMILES string of the molecule is Cn1ccnc1C[C@@H]1CCCN(Cc2nc3cc(F)ccc3o2)C1. The molecule has 0 amide bonds. The maximum atomic E-state index is 13.3. The van der Waals surface area contributed by atoms with Crippen LogP contribution < -0.4 is 0 Å². The predicted molar refractivity (Wildman–Crippen MR) is 88.9 cm³/mol. The number of fused-ring (bicyclic) bond motifs is 1. The van der Waals surface area contributed by atoms with Crippen LogP contribution in [0.5, 0.6) is 0 Å². The minimum Gasteiger partial charge on any atom is -0.439 e. The van der Waals surface area contributed by atoms with Crippen LogP contribution >= 0.6 is 0 Å². The second kappa shape index (κ2) is 6.36. The average molecular weight is 328 g/mol. The Kier molecular flexibility index (Phi) is 4.06. The summed E-state index contributed by atoms with van der Waals surface area (Å²) < 4.78 is 21.1. The third-order valence-electron chi connectivity index (χ3n) is 4.75. The third kappa shape index (κ3) is 3.19. The van der Waals surface area contributed by atoms with Gasteiger partial charge in [0.2, 0.25) is 5.89 Å². The molecule has 1 atom stereocenters. The zero-order valence-electron chi connectivity index (χ0n) is 13.8. The number of aryl methyl sites for hydroxylation is 1. The number of oxazole rings is 1. The van der Waals surface area contributed by atoms with Crippen LogP contribution in [-0.2, 0) is 20.0 Å². The van der Waals surface area contributed by atoms with E-state index in [0.717, 1.165) is 25.3 Å². The van der Waals surface area contributed by atoms with Gasteiger partial charge in [0.15, 0.2) is 5.58 Å². The number of piperidine rings is 1. The van der Waals surface area contributed by atoms with E-state index >= 15 is 0 Å². The molecule has 0 radical (unpaired) electrons. The van der Waals surface area contributed by atoms with Gasteiger partial charge in [-0.1, -0.05) is 0 Å². The van der Waals surface area contributed by atoms with Crippen molar-refractivity contribution < 1.29 is 8.81 Å². The number of hydrogen-bond donors (Lipinski definition) is 0. The fourth-order valence-electron chi connectivity index (χ4n) is 3.52. The predicted octanol–water partition coefficient (Wildman–Crippen LogP) is 3.16. The molecule has 1 saturated heterocycles. The summed E-state index contributed by atoms with van der Waals surface area (Å²) in [5.41, 5.74) is 1.24. The molecule has 3 aromatic rings. The molecule has 24 heavy (non-hydrogen) atoms. The zero-order valence-corrected chi connectivity index (χ0v) is 13.8. The summed E-state index contributed by atoms with van der Waals surface area (Å²) in [6.45, 7) is 2.73. The maximum Gasteiger partial charge on any atom is 0.209 e. The second-order valence-corrected chi connectivity index (χ2v) is 6.62. The number of benzene rings is 1. The van der Waals surface area contributed by atoms with E-state index in [9.17, 15) is 4.39 Å². The van der Waals surface area contributed by atoms with E-state index in [1.807, 2.05) is 19.4 Å². The van der Waals surface area contributed by atoms with E-state index in [1.54, 1.807) is 6.07 Å². The van der Waals surface area contributed by atoms with Gasteiger partial charge in [-0.05, 0) is 37.4 Å². The molecule has 0 saturated carbocycles. The number of nitrogens with zero attached hydrogens (tertiary/aromatic N) is 4. The molecule has 1 aliphatic heterocycles. The van der Waals surface area contributed by atoms with Crippen LogP contribution in [0, 0.1) is 11.7 Å². The molecule has 0 bridgehead atoms. The highest BCUT2D eigenvalue weighted by atomic mass is 19.1. The first kappa shape index (κ1) is 15.3. The van der Waals surface area contributed by atoms with Crippen molar-refractivity contribution in [3.8, 4) is 0 Å². The lowest BCUT2D eigenvalue weighted by Crippen LogP contribution is -2.36. The summed E-state index contributed by atoms with van der Waals surface area (Å²) in [4.78, 5) is 11.2. The maximum absolute atomic E-state index is 13.3. The Hall–Kier alpha value is -2.21. The molecule has 0 spiro atoms. The number of imidazole rings is 1. The Morgan fingerprint density at radius 1 is 1.38 bits per heavy atom. The molecule has 0 aliphatic carbocycles. The number of hydrogen-bond acceptors (Lipinski definition) is 4. The van der Waals surface area contributed by atoms with Crippen molar-refractivity contribution in [2.24, 2.45) is 13.0 Å². The van der Waals surface area contributed by atoms with E-state index in [2.05, 4.69) is 19.4 Å². The molecule has 2 aromatic heterocycles. The second-order valence-electron chi connectivity index (χ2n) is 6.62. The molecule has 0 N–H and O–H groups in total. The topological polar surface area (TPSA) is 47.1 Å². The largest absolute Gasteiger partial charge is 0.439 e. The highest BCUT2D eigenvalue weighted by molar-refractivity contribution is 5.72. The summed E-state index contributed by atoms with van der Waals surface area (Å²) in [5, 5.41) is 0. The van der Waals surface area contributed by atoms with Gasteiger partial charge in [-0.15, -0.1) is 0 Å². The minimum absolute atomic E-state index is 0.282. The Bertz CT molecular complexity index is 841. The van der Waals surface area contributed by atoms with Gasteiger partial charge in [-0.3, -0.25) is 4.90 Å². The molecular weight excluding hydrogens is 307 g/mol. The highest BCUT2D eigenvalue weighted by Gasteiger charge is 2.23. The lowest BCUT2D eigenvalue weighted by Gasteiger charge is -2.31. The molecule has 126 valence electrons. The van der Waals surface area contributed by atoms with Crippen molar-refractivity contribution in [2.45, 2.75) is 25.8 Å². The van der Waals surface area contributed by atoms with E-state index in [1.165, 1.54) is 25.0 Å². The van der Waals surface area contributed by atoms with Gasteiger partial charge in [-0.25, -0.2) is 14.4 Å². The summed E-state index contributed by atoms with van der Waals surface area (Å²) in [7, 11) is 2.04. The van der Waals surface area contributed by atoms with Crippen molar-refractivity contribution in [1.29, 1.82) is 0 Å². The number of aromatic nitrogens is 3. The van der Waals surface area contributed by atoms with Crippen LogP contribution in [0.15, 0.2) is 35.0 Å². The van der Waals surface area contributed by atoms with Gasteiger partial charge >= 0.3 is 0 Å². The Morgan fingerprint density at radius 3 is 3.12 bits per heavy atom.